The van der Waals surface area contributed by atoms with Crippen LogP contribution in [0, 0.1) is 0 Å². The molecule has 0 aliphatic heterocycles. The first-order valence-electron chi connectivity index (χ1n) is 5.96. The maximum Gasteiger partial charge on any atom is 0.222 e. The molecular formula is C14H15BrN2OS. The molecule has 100 valence electrons. The van der Waals surface area contributed by atoms with E-state index in [0.717, 1.165) is 14.2 Å². The molecule has 3 nitrogen and oxygen atoms in total. The Labute approximate surface area is 125 Å². The number of amides is 1. The van der Waals surface area contributed by atoms with Crippen LogP contribution in [-0.2, 0) is 11.3 Å². The van der Waals surface area contributed by atoms with Gasteiger partial charge < -0.3 is 11.1 Å². The minimum atomic E-state index is -0.253. The van der Waals surface area contributed by atoms with E-state index in [1.807, 2.05) is 42.5 Å². The Morgan fingerprint density at radius 1 is 1.26 bits per heavy atom. The first kappa shape index (κ1) is 14.2. The van der Waals surface area contributed by atoms with Crippen LogP contribution in [0.4, 0.5) is 0 Å². The highest BCUT2D eigenvalue weighted by Gasteiger charge is 2.11. The van der Waals surface area contributed by atoms with Gasteiger partial charge >= 0.3 is 0 Å². The van der Waals surface area contributed by atoms with E-state index in [4.69, 9.17) is 5.73 Å². The van der Waals surface area contributed by atoms with Crippen molar-refractivity contribution in [2.24, 2.45) is 5.73 Å². The van der Waals surface area contributed by atoms with Crippen molar-refractivity contribution < 1.29 is 4.79 Å². The first-order chi connectivity index (χ1) is 9.15. The quantitative estimate of drug-likeness (QED) is 0.879. The van der Waals surface area contributed by atoms with E-state index in [0.29, 0.717) is 13.0 Å². The van der Waals surface area contributed by atoms with Crippen LogP contribution in [0.25, 0.3) is 0 Å². The van der Waals surface area contributed by atoms with Crippen LogP contribution in [0.2, 0.25) is 0 Å². The van der Waals surface area contributed by atoms with E-state index < -0.39 is 0 Å². The van der Waals surface area contributed by atoms with Gasteiger partial charge in [-0.2, -0.15) is 0 Å². The molecule has 0 saturated heterocycles. The second-order valence-electron chi connectivity index (χ2n) is 4.20. The highest BCUT2D eigenvalue weighted by atomic mass is 79.9. The summed E-state index contributed by atoms with van der Waals surface area (Å²) in [4.78, 5) is 12.9. The summed E-state index contributed by atoms with van der Waals surface area (Å²) in [5.41, 5.74) is 6.99. The Morgan fingerprint density at radius 2 is 2.00 bits per heavy atom. The van der Waals surface area contributed by atoms with Crippen molar-refractivity contribution >= 4 is 33.2 Å². The van der Waals surface area contributed by atoms with Crippen LogP contribution >= 0.6 is 27.3 Å². The molecule has 0 spiro atoms. The van der Waals surface area contributed by atoms with Gasteiger partial charge in [-0.15, -0.1) is 11.3 Å². The lowest BCUT2D eigenvalue weighted by atomic mass is 10.0. The van der Waals surface area contributed by atoms with Crippen LogP contribution in [0.3, 0.4) is 0 Å². The molecule has 2 rings (SSSR count). The summed E-state index contributed by atoms with van der Waals surface area (Å²) in [7, 11) is 0. The van der Waals surface area contributed by atoms with Gasteiger partial charge in [-0.05, 0) is 33.6 Å². The second kappa shape index (κ2) is 6.84. The van der Waals surface area contributed by atoms with E-state index in [1.165, 1.54) is 0 Å². The summed E-state index contributed by atoms with van der Waals surface area (Å²) in [5.74, 6) is -0.0270. The molecule has 5 heteroatoms. The molecule has 1 amide bonds. The summed E-state index contributed by atoms with van der Waals surface area (Å²) < 4.78 is 1.07. The fraction of sp³-hybridized carbons (Fsp3) is 0.214. The number of thiophene rings is 1. The molecule has 1 heterocycles. The second-order valence-corrected chi connectivity index (χ2v) is 6.75. The maximum absolute atomic E-state index is 11.8. The van der Waals surface area contributed by atoms with Gasteiger partial charge in [0.2, 0.25) is 5.91 Å². The lowest BCUT2D eigenvalue weighted by molar-refractivity contribution is -0.121. The monoisotopic (exact) mass is 338 g/mol. The number of nitrogens with two attached hydrogens (primary N) is 1. The van der Waals surface area contributed by atoms with Crippen molar-refractivity contribution in [1.82, 2.24) is 5.32 Å². The fourth-order valence-corrected chi connectivity index (χ4v) is 3.15. The third kappa shape index (κ3) is 4.45. The number of benzene rings is 1. The van der Waals surface area contributed by atoms with Crippen molar-refractivity contribution in [2.75, 3.05) is 0 Å². The number of halogens is 1. The predicted octanol–water partition coefficient (Wildman–Crippen LogP) is 3.22. The Balaban J connectivity index is 1.81. The number of carbonyl (C=O) groups is 1. The summed E-state index contributed by atoms with van der Waals surface area (Å²) in [6.45, 7) is 0.552. The summed E-state index contributed by atoms with van der Waals surface area (Å²) in [6, 6.07) is 13.4. The Morgan fingerprint density at radius 3 is 2.63 bits per heavy atom. The lowest BCUT2D eigenvalue weighted by Gasteiger charge is -2.11. The van der Waals surface area contributed by atoms with E-state index in [-0.39, 0.29) is 11.9 Å². The summed E-state index contributed by atoms with van der Waals surface area (Å²) in [5, 5.41) is 2.88. The maximum atomic E-state index is 11.8. The zero-order chi connectivity index (χ0) is 13.7. The van der Waals surface area contributed by atoms with E-state index in [9.17, 15) is 4.79 Å². The van der Waals surface area contributed by atoms with Gasteiger partial charge in [-0.3, -0.25) is 4.79 Å². The molecular weight excluding hydrogens is 324 g/mol. The molecule has 1 aromatic carbocycles. The Bertz CT molecular complexity index is 541. The molecule has 19 heavy (non-hydrogen) atoms. The summed E-state index contributed by atoms with van der Waals surface area (Å²) in [6.07, 6.45) is 0.302. The van der Waals surface area contributed by atoms with E-state index >= 15 is 0 Å². The fourth-order valence-electron chi connectivity index (χ4n) is 1.72. The average Bonchev–Trinajstić information content (AvgIpc) is 2.83. The number of rotatable bonds is 5. The van der Waals surface area contributed by atoms with Gasteiger partial charge in [0.1, 0.15) is 0 Å². The molecule has 0 fully saturated rings. The normalized spacial score (nSPS) is 12.1. The van der Waals surface area contributed by atoms with Crippen LogP contribution in [0.15, 0.2) is 46.3 Å². The third-order valence-corrected chi connectivity index (χ3v) is 4.35. The van der Waals surface area contributed by atoms with Gasteiger partial charge in [0.15, 0.2) is 0 Å². The molecule has 1 atom stereocenters. The first-order valence-corrected chi connectivity index (χ1v) is 7.57. The van der Waals surface area contributed by atoms with Crippen LogP contribution < -0.4 is 11.1 Å². The van der Waals surface area contributed by atoms with Gasteiger partial charge in [-0.25, -0.2) is 0 Å². The van der Waals surface area contributed by atoms with E-state index in [2.05, 4.69) is 21.2 Å². The smallest absolute Gasteiger partial charge is 0.222 e. The SMILES string of the molecule is NC(CC(=O)NCc1ccc(Br)s1)c1ccccc1. The molecule has 2 aromatic rings. The average molecular weight is 339 g/mol. The van der Waals surface area contributed by atoms with Crippen LogP contribution in [0.1, 0.15) is 22.9 Å². The zero-order valence-corrected chi connectivity index (χ0v) is 12.7. The minimum Gasteiger partial charge on any atom is -0.351 e. The van der Waals surface area contributed by atoms with Crippen molar-refractivity contribution in [2.45, 2.75) is 19.0 Å². The van der Waals surface area contributed by atoms with E-state index in [1.54, 1.807) is 11.3 Å². The van der Waals surface area contributed by atoms with Crippen LogP contribution in [-0.4, -0.2) is 5.91 Å². The molecule has 0 saturated carbocycles. The number of carbonyl (C=O) groups excluding carboxylic acids is 1. The number of nitrogens with one attached hydrogen (secondary N) is 1. The molecule has 0 aliphatic rings. The highest BCUT2D eigenvalue weighted by Crippen LogP contribution is 2.21. The molecule has 3 N–H and O–H groups in total. The topological polar surface area (TPSA) is 55.1 Å². The van der Waals surface area contributed by atoms with Gasteiger partial charge in [0.25, 0.3) is 0 Å². The lowest BCUT2D eigenvalue weighted by Crippen LogP contribution is -2.26. The van der Waals surface area contributed by atoms with Gasteiger partial charge in [-0.1, -0.05) is 30.3 Å². The van der Waals surface area contributed by atoms with Crippen molar-refractivity contribution in [3.8, 4) is 0 Å². The number of hydrogen-bond acceptors (Lipinski definition) is 3. The standard InChI is InChI=1S/C14H15BrN2OS/c15-13-7-6-11(19-13)9-17-14(18)8-12(16)10-4-2-1-3-5-10/h1-7,12H,8-9,16H2,(H,17,18). The zero-order valence-electron chi connectivity index (χ0n) is 10.3. The summed E-state index contributed by atoms with van der Waals surface area (Å²) >= 11 is 5.01. The van der Waals surface area contributed by atoms with Crippen molar-refractivity contribution in [1.29, 1.82) is 0 Å². The number of hydrogen-bond donors (Lipinski definition) is 2. The molecule has 0 aliphatic carbocycles. The Hall–Kier alpha value is -1.17. The third-order valence-electron chi connectivity index (χ3n) is 2.72. The molecule has 1 unspecified atom stereocenters. The van der Waals surface area contributed by atoms with Gasteiger partial charge in [0, 0.05) is 17.3 Å². The predicted molar refractivity (Wildman–Crippen MR) is 81.9 cm³/mol. The minimum absolute atomic E-state index is 0.0270. The largest absolute Gasteiger partial charge is 0.351 e. The van der Waals surface area contributed by atoms with Crippen molar-refractivity contribution in [3.05, 3.63) is 56.7 Å². The highest BCUT2D eigenvalue weighted by molar-refractivity contribution is 9.11. The molecule has 0 radical (unpaired) electrons. The molecule has 1 aromatic heterocycles. The molecule has 0 bridgehead atoms. The van der Waals surface area contributed by atoms with Gasteiger partial charge in [0.05, 0.1) is 10.3 Å². The van der Waals surface area contributed by atoms with Crippen LogP contribution in [0.5, 0.6) is 0 Å². The van der Waals surface area contributed by atoms with Crippen molar-refractivity contribution in [3.63, 3.8) is 0 Å². The Kier molecular flexibility index (Phi) is 5.13.